The van der Waals surface area contributed by atoms with Gasteiger partial charge in [-0.2, -0.15) is 0 Å². The SMILES string of the molecule is C=CC(=O)O[Si](CCCCC)(CCCCC)CCCCC. The minimum atomic E-state index is -1.91. The van der Waals surface area contributed by atoms with Crippen LogP contribution in [0, 0.1) is 0 Å². The highest BCUT2D eigenvalue weighted by atomic mass is 28.4. The fraction of sp³-hybridized carbons (Fsp3) is 0.833. The fourth-order valence-corrected chi connectivity index (χ4v) is 7.12. The van der Waals surface area contributed by atoms with E-state index in [2.05, 4.69) is 27.4 Å². The molecule has 0 N–H and O–H groups in total. The van der Waals surface area contributed by atoms with Crippen molar-refractivity contribution in [2.24, 2.45) is 0 Å². The molecule has 2 nitrogen and oxygen atoms in total. The summed E-state index contributed by atoms with van der Waals surface area (Å²) in [6.45, 7) is 10.3. The van der Waals surface area contributed by atoms with Crippen molar-refractivity contribution in [1.29, 1.82) is 0 Å². The van der Waals surface area contributed by atoms with Crippen LogP contribution in [-0.2, 0) is 9.22 Å². The van der Waals surface area contributed by atoms with Crippen LogP contribution in [0.25, 0.3) is 0 Å². The summed E-state index contributed by atoms with van der Waals surface area (Å²) >= 11 is 0. The molecule has 0 aromatic rings. The molecule has 0 aromatic heterocycles. The Morgan fingerprint density at radius 1 is 0.857 bits per heavy atom. The van der Waals surface area contributed by atoms with E-state index in [9.17, 15) is 4.79 Å². The Kier molecular flexibility index (Phi) is 12.8. The Balaban J connectivity index is 4.76. The van der Waals surface area contributed by atoms with E-state index in [1.54, 1.807) is 0 Å². The largest absolute Gasteiger partial charge is 0.516 e. The van der Waals surface area contributed by atoms with E-state index in [-0.39, 0.29) is 5.97 Å². The van der Waals surface area contributed by atoms with Crippen molar-refractivity contribution in [3.05, 3.63) is 12.7 Å². The molecule has 0 spiro atoms. The van der Waals surface area contributed by atoms with Crippen LogP contribution in [0.1, 0.15) is 78.6 Å². The molecule has 0 saturated heterocycles. The number of hydrogen-bond acceptors (Lipinski definition) is 2. The van der Waals surface area contributed by atoms with E-state index in [1.807, 2.05) is 0 Å². The summed E-state index contributed by atoms with van der Waals surface area (Å²) in [4.78, 5) is 11.8. The first-order valence-electron chi connectivity index (χ1n) is 8.99. The van der Waals surface area contributed by atoms with Crippen molar-refractivity contribution >= 4 is 14.3 Å². The van der Waals surface area contributed by atoms with Gasteiger partial charge in [0.1, 0.15) is 0 Å². The van der Waals surface area contributed by atoms with Gasteiger partial charge in [-0.15, -0.1) is 0 Å². The lowest BCUT2D eigenvalue weighted by Crippen LogP contribution is -2.40. The molecular formula is C18H36O2Si. The summed E-state index contributed by atoms with van der Waals surface area (Å²) < 4.78 is 6.01. The second-order valence-corrected chi connectivity index (χ2v) is 10.2. The zero-order valence-electron chi connectivity index (χ0n) is 14.6. The van der Waals surface area contributed by atoms with E-state index in [0.29, 0.717) is 0 Å². The van der Waals surface area contributed by atoms with Crippen LogP contribution in [0.5, 0.6) is 0 Å². The first kappa shape index (κ1) is 20.4. The van der Waals surface area contributed by atoms with E-state index in [4.69, 9.17) is 4.43 Å². The molecule has 124 valence electrons. The Hall–Kier alpha value is -0.573. The third-order valence-electron chi connectivity index (χ3n) is 4.19. The molecule has 0 aliphatic rings. The minimum absolute atomic E-state index is 0.189. The zero-order chi connectivity index (χ0) is 16.0. The summed E-state index contributed by atoms with van der Waals surface area (Å²) in [5, 5.41) is 0. The van der Waals surface area contributed by atoms with Gasteiger partial charge in [-0.05, 0) is 18.1 Å². The summed E-state index contributed by atoms with van der Waals surface area (Å²) in [6.07, 6.45) is 12.4. The third-order valence-corrected chi connectivity index (χ3v) is 8.62. The summed E-state index contributed by atoms with van der Waals surface area (Å²) in [5.74, 6) is -0.189. The third kappa shape index (κ3) is 9.89. The molecule has 0 aliphatic carbocycles. The molecule has 21 heavy (non-hydrogen) atoms. The van der Waals surface area contributed by atoms with Gasteiger partial charge in [0, 0.05) is 6.08 Å². The molecule has 0 rings (SSSR count). The number of rotatable bonds is 14. The van der Waals surface area contributed by atoms with Crippen LogP contribution in [0.4, 0.5) is 0 Å². The Morgan fingerprint density at radius 2 is 1.24 bits per heavy atom. The molecule has 0 radical (unpaired) electrons. The maximum atomic E-state index is 11.8. The average molecular weight is 313 g/mol. The quantitative estimate of drug-likeness (QED) is 0.216. The molecule has 0 fully saturated rings. The zero-order valence-corrected chi connectivity index (χ0v) is 15.6. The molecule has 0 unspecified atom stereocenters. The van der Waals surface area contributed by atoms with Crippen molar-refractivity contribution in [1.82, 2.24) is 0 Å². The van der Waals surface area contributed by atoms with Crippen molar-refractivity contribution in [2.75, 3.05) is 0 Å². The van der Waals surface area contributed by atoms with Crippen molar-refractivity contribution < 1.29 is 9.22 Å². The number of unbranched alkanes of at least 4 members (excludes halogenated alkanes) is 6. The van der Waals surface area contributed by atoms with E-state index < -0.39 is 8.32 Å². The minimum Gasteiger partial charge on any atom is -0.516 e. The van der Waals surface area contributed by atoms with Gasteiger partial charge in [0.05, 0.1) is 0 Å². The normalized spacial score (nSPS) is 11.4. The fourth-order valence-electron chi connectivity index (χ4n) is 2.87. The average Bonchev–Trinajstić information content (AvgIpc) is 2.48. The Labute approximate surface area is 133 Å². The Morgan fingerprint density at radius 3 is 1.52 bits per heavy atom. The first-order chi connectivity index (χ1) is 10.1. The predicted molar refractivity (Wildman–Crippen MR) is 95.0 cm³/mol. The summed E-state index contributed by atoms with van der Waals surface area (Å²) in [5.41, 5.74) is 0. The van der Waals surface area contributed by atoms with Crippen molar-refractivity contribution in [3.63, 3.8) is 0 Å². The molecule has 0 aliphatic heterocycles. The van der Waals surface area contributed by atoms with Gasteiger partial charge < -0.3 is 4.43 Å². The van der Waals surface area contributed by atoms with Gasteiger partial charge in [-0.25, -0.2) is 4.79 Å². The molecule has 0 bridgehead atoms. The number of carbonyl (C=O) groups is 1. The molecule has 0 amide bonds. The molecular weight excluding hydrogens is 276 g/mol. The molecule has 3 heteroatoms. The van der Waals surface area contributed by atoms with Crippen LogP contribution in [-0.4, -0.2) is 14.3 Å². The molecule has 0 saturated carbocycles. The number of hydrogen-bond donors (Lipinski definition) is 0. The van der Waals surface area contributed by atoms with Crippen LogP contribution >= 0.6 is 0 Å². The highest BCUT2D eigenvalue weighted by molar-refractivity contribution is 6.75. The smallest absolute Gasteiger partial charge is 0.316 e. The lowest BCUT2D eigenvalue weighted by atomic mass is 10.3. The van der Waals surface area contributed by atoms with Gasteiger partial charge in [0.2, 0.25) is 0 Å². The first-order valence-corrected chi connectivity index (χ1v) is 11.5. The Bertz CT molecular complexity index is 250. The highest BCUT2D eigenvalue weighted by Gasteiger charge is 2.36. The van der Waals surface area contributed by atoms with E-state index >= 15 is 0 Å². The van der Waals surface area contributed by atoms with Gasteiger partial charge in [0.15, 0.2) is 0 Å². The lowest BCUT2D eigenvalue weighted by Gasteiger charge is -2.31. The van der Waals surface area contributed by atoms with Crippen LogP contribution < -0.4 is 0 Å². The topological polar surface area (TPSA) is 26.3 Å². The summed E-state index contributed by atoms with van der Waals surface area (Å²) in [6, 6.07) is 3.44. The second-order valence-electron chi connectivity index (χ2n) is 6.18. The monoisotopic (exact) mass is 312 g/mol. The standard InChI is InChI=1S/C18H36O2Si/c1-5-9-12-15-21(16-13-10-6-2,17-14-11-7-3)20-18(19)8-4/h8H,4-7,9-17H2,1-3H3. The molecule has 0 aromatic carbocycles. The number of carbonyl (C=O) groups excluding carboxylic acids is 1. The van der Waals surface area contributed by atoms with Gasteiger partial charge in [-0.3, -0.25) is 0 Å². The predicted octanol–water partition coefficient (Wildman–Crippen LogP) is 6.23. The lowest BCUT2D eigenvalue weighted by molar-refractivity contribution is -0.129. The van der Waals surface area contributed by atoms with Crippen molar-refractivity contribution in [2.45, 2.75) is 96.7 Å². The molecule has 0 atom stereocenters. The molecule has 0 heterocycles. The van der Waals surface area contributed by atoms with E-state index in [1.165, 1.54) is 63.9 Å². The van der Waals surface area contributed by atoms with Crippen LogP contribution in [0.3, 0.4) is 0 Å². The van der Waals surface area contributed by atoms with Crippen LogP contribution in [0.2, 0.25) is 18.1 Å². The second kappa shape index (κ2) is 13.1. The highest BCUT2D eigenvalue weighted by Crippen LogP contribution is 2.30. The van der Waals surface area contributed by atoms with E-state index in [0.717, 1.165) is 18.1 Å². The van der Waals surface area contributed by atoms with Crippen LogP contribution in [0.15, 0.2) is 12.7 Å². The maximum Gasteiger partial charge on any atom is 0.316 e. The summed E-state index contributed by atoms with van der Waals surface area (Å²) in [7, 11) is -1.91. The van der Waals surface area contributed by atoms with Gasteiger partial charge >= 0.3 is 5.97 Å². The maximum absolute atomic E-state index is 11.8. The van der Waals surface area contributed by atoms with Gasteiger partial charge in [-0.1, -0.05) is 85.1 Å². The van der Waals surface area contributed by atoms with Crippen molar-refractivity contribution in [3.8, 4) is 0 Å². The van der Waals surface area contributed by atoms with Gasteiger partial charge in [0.25, 0.3) is 8.32 Å².